The van der Waals surface area contributed by atoms with E-state index < -0.39 is 11.7 Å². The summed E-state index contributed by atoms with van der Waals surface area (Å²) in [6, 6.07) is 12.9. The van der Waals surface area contributed by atoms with Crippen LogP contribution in [0.5, 0.6) is 0 Å². The molecule has 1 unspecified atom stereocenters. The summed E-state index contributed by atoms with van der Waals surface area (Å²) < 4.78 is 44.1. The number of fused-ring (bicyclic) bond motifs is 1. The van der Waals surface area contributed by atoms with E-state index in [9.17, 15) is 18.0 Å². The van der Waals surface area contributed by atoms with Gasteiger partial charge in [0.1, 0.15) is 0 Å². The fourth-order valence-electron chi connectivity index (χ4n) is 3.10. The van der Waals surface area contributed by atoms with E-state index in [1.807, 2.05) is 18.2 Å². The highest BCUT2D eigenvalue weighted by molar-refractivity contribution is 5.78. The van der Waals surface area contributed by atoms with Crippen LogP contribution < -0.4 is 0 Å². The largest absolute Gasteiger partial charge is 0.416 e. The van der Waals surface area contributed by atoms with Gasteiger partial charge in [-0.1, -0.05) is 42.5 Å². The average molecular weight is 363 g/mol. The molecule has 3 nitrogen and oxygen atoms in total. The summed E-state index contributed by atoms with van der Waals surface area (Å²) in [5, 5.41) is 0. The van der Waals surface area contributed by atoms with Gasteiger partial charge >= 0.3 is 6.18 Å². The number of carbonyl (C=O) groups is 1. The third-order valence-corrected chi connectivity index (χ3v) is 4.55. The maximum absolute atomic E-state index is 12.8. The van der Waals surface area contributed by atoms with Gasteiger partial charge in [-0.05, 0) is 22.8 Å². The Bertz CT molecular complexity index is 789. The van der Waals surface area contributed by atoms with Crippen molar-refractivity contribution in [3.8, 4) is 0 Å². The van der Waals surface area contributed by atoms with Crippen LogP contribution in [0.1, 0.15) is 22.3 Å². The van der Waals surface area contributed by atoms with Crippen molar-refractivity contribution < 1.29 is 22.7 Å². The Balaban J connectivity index is 1.59. The Morgan fingerprint density at radius 1 is 1.15 bits per heavy atom. The predicted octanol–water partition coefficient (Wildman–Crippen LogP) is 3.85. The van der Waals surface area contributed by atoms with Crippen LogP contribution in [-0.4, -0.2) is 30.5 Å². The number of benzene rings is 2. The van der Waals surface area contributed by atoms with Crippen LogP contribution in [0, 0.1) is 0 Å². The van der Waals surface area contributed by atoms with E-state index >= 15 is 0 Å². The number of hydrogen-bond acceptors (Lipinski definition) is 2. The highest BCUT2D eigenvalue weighted by atomic mass is 19.4. The monoisotopic (exact) mass is 363 g/mol. The Kier molecular flexibility index (Phi) is 5.32. The van der Waals surface area contributed by atoms with Crippen molar-refractivity contribution in [2.75, 3.05) is 13.6 Å². The zero-order valence-corrected chi connectivity index (χ0v) is 14.4. The van der Waals surface area contributed by atoms with E-state index in [-0.39, 0.29) is 18.4 Å². The molecule has 0 aromatic heterocycles. The molecule has 0 saturated heterocycles. The summed E-state index contributed by atoms with van der Waals surface area (Å²) in [6.45, 7) is 0.919. The van der Waals surface area contributed by atoms with Crippen LogP contribution in [0.25, 0.3) is 0 Å². The lowest BCUT2D eigenvalue weighted by Gasteiger charge is -2.29. The number of halogens is 3. The summed E-state index contributed by atoms with van der Waals surface area (Å²) in [5.41, 5.74) is 1.98. The third-order valence-electron chi connectivity index (χ3n) is 4.55. The first-order valence-corrected chi connectivity index (χ1v) is 8.41. The molecule has 0 saturated carbocycles. The molecule has 2 aromatic carbocycles. The van der Waals surface area contributed by atoms with E-state index in [2.05, 4.69) is 6.07 Å². The van der Waals surface area contributed by atoms with Gasteiger partial charge in [0, 0.05) is 20.0 Å². The average Bonchev–Trinajstić information content (AvgIpc) is 2.61. The van der Waals surface area contributed by atoms with Crippen molar-refractivity contribution in [1.82, 2.24) is 4.90 Å². The number of ether oxygens (including phenoxy) is 1. The van der Waals surface area contributed by atoms with Crippen molar-refractivity contribution in [3.63, 3.8) is 0 Å². The zero-order chi connectivity index (χ0) is 18.7. The SMILES string of the molecule is CN(CC1Cc2ccccc2CO1)C(=O)Cc1cccc(C(F)(F)F)c1. The molecule has 3 rings (SSSR count). The van der Waals surface area contributed by atoms with E-state index in [1.54, 1.807) is 7.05 Å². The Morgan fingerprint density at radius 3 is 2.62 bits per heavy atom. The molecule has 0 bridgehead atoms. The fraction of sp³-hybridized carbons (Fsp3) is 0.350. The lowest BCUT2D eigenvalue weighted by molar-refractivity contribution is -0.138. The number of likely N-dealkylation sites (N-methyl/N-ethyl adjacent to an activating group) is 1. The summed E-state index contributed by atoms with van der Waals surface area (Å²) >= 11 is 0. The van der Waals surface area contributed by atoms with Gasteiger partial charge in [0.25, 0.3) is 0 Å². The molecule has 26 heavy (non-hydrogen) atoms. The number of hydrogen-bond donors (Lipinski definition) is 0. The molecule has 6 heteroatoms. The van der Waals surface area contributed by atoms with Crippen LogP contribution in [-0.2, 0) is 35.2 Å². The minimum atomic E-state index is -4.41. The molecular weight excluding hydrogens is 343 g/mol. The molecular formula is C20H20F3NO2. The van der Waals surface area contributed by atoms with Crippen LogP contribution in [0.4, 0.5) is 13.2 Å². The molecule has 0 radical (unpaired) electrons. The van der Waals surface area contributed by atoms with Gasteiger partial charge in [0.2, 0.25) is 5.91 Å². The van der Waals surface area contributed by atoms with Crippen molar-refractivity contribution in [1.29, 1.82) is 0 Å². The van der Waals surface area contributed by atoms with Crippen LogP contribution in [0.15, 0.2) is 48.5 Å². The number of amides is 1. The summed E-state index contributed by atoms with van der Waals surface area (Å²) in [4.78, 5) is 13.9. The van der Waals surface area contributed by atoms with Crippen molar-refractivity contribution in [2.45, 2.75) is 31.7 Å². The number of rotatable bonds is 4. The molecule has 1 aliphatic rings. The Morgan fingerprint density at radius 2 is 1.88 bits per heavy atom. The molecule has 1 amide bonds. The van der Waals surface area contributed by atoms with Crippen molar-refractivity contribution in [2.24, 2.45) is 0 Å². The molecule has 0 fully saturated rings. The zero-order valence-electron chi connectivity index (χ0n) is 14.4. The maximum atomic E-state index is 12.8. The molecule has 1 atom stereocenters. The topological polar surface area (TPSA) is 29.5 Å². The molecule has 0 spiro atoms. The van der Waals surface area contributed by atoms with Gasteiger partial charge < -0.3 is 9.64 Å². The van der Waals surface area contributed by atoms with E-state index in [4.69, 9.17) is 4.74 Å². The van der Waals surface area contributed by atoms with Gasteiger partial charge in [-0.25, -0.2) is 0 Å². The first-order chi connectivity index (χ1) is 12.3. The van der Waals surface area contributed by atoms with Crippen LogP contribution >= 0.6 is 0 Å². The quantitative estimate of drug-likeness (QED) is 0.826. The maximum Gasteiger partial charge on any atom is 0.416 e. The molecule has 138 valence electrons. The first kappa shape index (κ1) is 18.5. The van der Waals surface area contributed by atoms with Crippen molar-refractivity contribution >= 4 is 5.91 Å². The predicted molar refractivity (Wildman–Crippen MR) is 91.5 cm³/mol. The number of carbonyl (C=O) groups excluding carboxylic acids is 1. The highest BCUT2D eigenvalue weighted by Gasteiger charge is 2.30. The summed E-state index contributed by atoms with van der Waals surface area (Å²) in [7, 11) is 1.65. The van der Waals surface area contributed by atoms with Gasteiger partial charge in [-0.3, -0.25) is 4.79 Å². The second kappa shape index (κ2) is 7.50. The van der Waals surface area contributed by atoms with Crippen molar-refractivity contribution in [3.05, 3.63) is 70.8 Å². The Labute approximate surface area is 150 Å². The fourth-order valence-corrected chi connectivity index (χ4v) is 3.10. The van der Waals surface area contributed by atoms with Gasteiger partial charge in [0.15, 0.2) is 0 Å². The van der Waals surface area contributed by atoms with Crippen LogP contribution in [0.3, 0.4) is 0 Å². The third kappa shape index (κ3) is 4.43. The normalized spacial score (nSPS) is 16.8. The number of alkyl halides is 3. The minimum absolute atomic E-state index is 0.0657. The van der Waals surface area contributed by atoms with E-state index in [0.29, 0.717) is 18.7 Å². The minimum Gasteiger partial charge on any atom is -0.371 e. The van der Waals surface area contributed by atoms with E-state index in [0.717, 1.165) is 24.1 Å². The summed E-state index contributed by atoms with van der Waals surface area (Å²) in [6.07, 6.45) is -3.87. The second-order valence-corrected chi connectivity index (χ2v) is 6.56. The second-order valence-electron chi connectivity index (χ2n) is 6.56. The highest BCUT2D eigenvalue weighted by Crippen LogP contribution is 2.29. The lowest BCUT2D eigenvalue weighted by atomic mass is 9.99. The molecule has 2 aromatic rings. The molecule has 0 aliphatic carbocycles. The lowest BCUT2D eigenvalue weighted by Crippen LogP contribution is -2.38. The first-order valence-electron chi connectivity index (χ1n) is 8.41. The standard InChI is InChI=1S/C20H20F3NO2/c1-24(12-18-11-15-6-2-3-7-16(15)13-26-18)19(25)10-14-5-4-8-17(9-14)20(21,22)23/h2-9,18H,10-13H2,1H3. The van der Waals surface area contributed by atoms with Gasteiger partial charge in [-0.15, -0.1) is 0 Å². The molecule has 1 aliphatic heterocycles. The molecule has 0 N–H and O–H groups in total. The van der Waals surface area contributed by atoms with Gasteiger partial charge in [-0.2, -0.15) is 13.2 Å². The molecule has 1 heterocycles. The van der Waals surface area contributed by atoms with Gasteiger partial charge in [0.05, 0.1) is 24.7 Å². The smallest absolute Gasteiger partial charge is 0.371 e. The Hall–Kier alpha value is -2.34. The van der Waals surface area contributed by atoms with E-state index in [1.165, 1.54) is 22.6 Å². The number of nitrogens with zero attached hydrogens (tertiary/aromatic N) is 1. The summed E-state index contributed by atoms with van der Waals surface area (Å²) in [5.74, 6) is -0.230. The van der Waals surface area contributed by atoms with Crippen LogP contribution in [0.2, 0.25) is 0 Å².